The summed E-state index contributed by atoms with van der Waals surface area (Å²) >= 11 is 1.82. The Kier molecular flexibility index (Phi) is 33.6. The lowest BCUT2D eigenvalue weighted by Gasteiger charge is -2.06. The first-order chi connectivity index (χ1) is 20.9. The van der Waals surface area contributed by atoms with Crippen molar-refractivity contribution >= 4 is 23.7 Å². The van der Waals surface area contributed by atoms with Gasteiger partial charge in [0, 0.05) is 12.8 Å². The third-order valence-corrected chi connectivity index (χ3v) is 9.37. The molecule has 0 heterocycles. The van der Waals surface area contributed by atoms with Crippen LogP contribution >= 0.6 is 11.8 Å². The van der Waals surface area contributed by atoms with E-state index in [2.05, 4.69) is 27.7 Å². The largest absolute Gasteiger partial charge is 0.466 e. The maximum Gasteiger partial charge on any atom is 0.305 e. The number of thioether (sulfide) groups is 1. The number of unbranched alkanes of at least 4 members (excludes halogenated alkanes) is 18. The van der Waals surface area contributed by atoms with Crippen molar-refractivity contribution in [2.45, 2.75) is 195 Å². The van der Waals surface area contributed by atoms with Crippen LogP contribution in [-0.2, 0) is 19.1 Å². The second kappa shape index (κ2) is 34.2. The van der Waals surface area contributed by atoms with Gasteiger partial charge in [0.05, 0.1) is 13.2 Å². The lowest BCUT2D eigenvalue weighted by atomic mass is 10.0. The van der Waals surface area contributed by atoms with Crippen molar-refractivity contribution in [1.29, 1.82) is 0 Å². The van der Waals surface area contributed by atoms with Crippen molar-refractivity contribution in [2.24, 2.45) is 11.8 Å². The van der Waals surface area contributed by atoms with Crippen LogP contribution in [0.3, 0.4) is 0 Å². The molecule has 0 atom stereocenters. The fourth-order valence-electron chi connectivity index (χ4n) is 5.39. The van der Waals surface area contributed by atoms with Gasteiger partial charge in [-0.25, -0.2) is 0 Å². The molecule has 0 rings (SSSR count). The molecule has 0 aliphatic heterocycles. The first-order valence-corrected chi connectivity index (χ1v) is 20.0. The minimum absolute atomic E-state index is 0.0610. The summed E-state index contributed by atoms with van der Waals surface area (Å²) in [6, 6.07) is 0. The Balaban J connectivity index is 3.26. The molecule has 256 valence electrons. The fourth-order valence-corrected chi connectivity index (χ4v) is 6.29. The fraction of sp³-hybridized carbons (Fsp3) is 0.947. The topological polar surface area (TPSA) is 52.6 Å². The zero-order chi connectivity index (χ0) is 31.6. The zero-order valence-corrected chi connectivity index (χ0v) is 30.2. The average molecular weight is 627 g/mol. The highest BCUT2D eigenvalue weighted by atomic mass is 32.2. The van der Waals surface area contributed by atoms with Gasteiger partial charge in [0.1, 0.15) is 0 Å². The first kappa shape index (κ1) is 42.3. The maximum absolute atomic E-state index is 11.9. The van der Waals surface area contributed by atoms with E-state index in [0.29, 0.717) is 26.1 Å². The highest BCUT2D eigenvalue weighted by molar-refractivity contribution is 7.99. The lowest BCUT2D eigenvalue weighted by Crippen LogP contribution is -2.07. The van der Waals surface area contributed by atoms with Crippen molar-refractivity contribution in [2.75, 3.05) is 24.7 Å². The van der Waals surface area contributed by atoms with Gasteiger partial charge < -0.3 is 9.47 Å². The number of hydrogen-bond acceptors (Lipinski definition) is 5. The molecule has 0 amide bonds. The number of carbonyl (C=O) groups excluding carboxylic acids is 2. The summed E-state index contributed by atoms with van der Waals surface area (Å²) in [6.45, 7) is 10.4. The normalized spacial score (nSPS) is 11.5. The Morgan fingerprint density at radius 2 is 0.698 bits per heavy atom. The molecule has 0 aliphatic carbocycles. The Morgan fingerprint density at radius 3 is 1.00 bits per heavy atom. The van der Waals surface area contributed by atoms with Crippen LogP contribution in [-0.4, -0.2) is 36.7 Å². The third kappa shape index (κ3) is 37.4. The molecule has 0 saturated heterocycles. The average Bonchev–Trinajstić information content (AvgIpc) is 2.97. The minimum Gasteiger partial charge on any atom is -0.466 e. The Labute approximate surface area is 273 Å². The predicted molar refractivity (Wildman–Crippen MR) is 189 cm³/mol. The van der Waals surface area contributed by atoms with E-state index in [1.54, 1.807) is 0 Å². The molecule has 4 nitrogen and oxygen atoms in total. The number of carbonyl (C=O) groups is 2. The molecule has 0 aliphatic rings. The van der Waals surface area contributed by atoms with Gasteiger partial charge in [-0.1, -0.05) is 156 Å². The molecule has 0 unspecified atom stereocenters. The smallest absolute Gasteiger partial charge is 0.305 e. The molecular weight excluding hydrogens is 552 g/mol. The maximum atomic E-state index is 11.9. The van der Waals surface area contributed by atoms with Crippen LogP contribution in [0.25, 0.3) is 0 Å². The van der Waals surface area contributed by atoms with Gasteiger partial charge in [0.2, 0.25) is 0 Å². The van der Waals surface area contributed by atoms with E-state index in [9.17, 15) is 9.59 Å². The van der Waals surface area contributed by atoms with E-state index < -0.39 is 0 Å². The van der Waals surface area contributed by atoms with Crippen LogP contribution in [0.15, 0.2) is 0 Å². The van der Waals surface area contributed by atoms with Crippen LogP contribution in [0.4, 0.5) is 0 Å². The van der Waals surface area contributed by atoms with E-state index in [1.165, 1.54) is 128 Å². The number of rotatable bonds is 34. The second-order valence-electron chi connectivity index (χ2n) is 13.7. The number of ether oxygens (including phenoxy) is 2. The Morgan fingerprint density at radius 1 is 0.419 bits per heavy atom. The summed E-state index contributed by atoms with van der Waals surface area (Å²) in [5.41, 5.74) is 0. The standard InChI is InChI=1S/C38H74O4S/c1-35(2)27-21-17-13-9-5-7-11-15-19-23-31-41-37(39)29-25-33-43-34-26-30-38(40)42-32-24-20-16-12-8-6-10-14-18-22-28-36(3)4/h35-36H,5-34H2,1-4H3. The van der Waals surface area contributed by atoms with Crippen LogP contribution in [0.5, 0.6) is 0 Å². The number of esters is 2. The van der Waals surface area contributed by atoms with Gasteiger partial charge in [-0.15, -0.1) is 0 Å². The Hall–Kier alpha value is -0.710. The van der Waals surface area contributed by atoms with Gasteiger partial charge in [-0.2, -0.15) is 11.8 Å². The highest BCUT2D eigenvalue weighted by Gasteiger charge is 2.05. The van der Waals surface area contributed by atoms with Crippen LogP contribution < -0.4 is 0 Å². The summed E-state index contributed by atoms with van der Waals surface area (Å²) in [6.07, 6.45) is 31.5. The third-order valence-electron chi connectivity index (χ3n) is 8.22. The van der Waals surface area contributed by atoms with Crippen molar-refractivity contribution in [3.63, 3.8) is 0 Å². The SMILES string of the molecule is CC(C)CCCCCCCCCCCCOC(=O)CCCSCCCC(=O)OCCCCCCCCCCCCC(C)C. The van der Waals surface area contributed by atoms with Gasteiger partial charge in [0.15, 0.2) is 0 Å². The Bertz CT molecular complexity index is 542. The van der Waals surface area contributed by atoms with E-state index in [1.807, 2.05) is 11.8 Å². The molecule has 0 saturated carbocycles. The van der Waals surface area contributed by atoms with Crippen molar-refractivity contribution in [3.8, 4) is 0 Å². The molecule has 0 aromatic rings. The molecule has 0 fully saturated rings. The first-order valence-electron chi connectivity index (χ1n) is 18.8. The predicted octanol–water partition coefficient (Wildman–Crippen LogP) is 12.3. The van der Waals surface area contributed by atoms with E-state index in [-0.39, 0.29) is 11.9 Å². The molecule has 5 heteroatoms. The molecule has 43 heavy (non-hydrogen) atoms. The minimum atomic E-state index is -0.0610. The summed E-state index contributed by atoms with van der Waals surface area (Å²) in [5.74, 6) is 3.46. The summed E-state index contributed by atoms with van der Waals surface area (Å²) in [7, 11) is 0. The molecule has 0 N–H and O–H groups in total. The van der Waals surface area contributed by atoms with Gasteiger partial charge in [-0.05, 0) is 49.0 Å². The van der Waals surface area contributed by atoms with Crippen molar-refractivity contribution < 1.29 is 19.1 Å². The summed E-state index contributed by atoms with van der Waals surface area (Å²) in [5, 5.41) is 0. The van der Waals surface area contributed by atoms with Crippen molar-refractivity contribution in [1.82, 2.24) is 0 Å². The van der Waals surface area contributed by atoms with E-state index >= 15 is 0 Å². The summed E-state index contributed by atoms with van der Waals surface area (Å²) in [4.78, 5) is 23.8. The van der Waals surface area contributed by atoms with Crippen LogP contribution in [0, 0.1) is 11.8 Å². The second-order valence-corrected chi connectivity index (χ2v) is 14.9. The molecule has 0 radical (unpaired) electrons. The van der Waals surface area contributed by atoms with E-state index in [0.717, 1.165) is 49.0 Å². The van der Waals surface area contributed by atoms with Gasteiger partial charge in [0.25, 0.3) is 0 Å². The van der Waals surface area contributed by atoms with Gasteiger partial charge >= 0.3 is 11.9 Å². The van der Waals surface area contributed by atoms with Gasteiger partial charge in [-0.3, -0.25) is 9.59 Å². The molecule has 0 aromatic carbocycles. The van der Waals surface area contributed by atoms with Crippen LogP contribution in [0.1, 0.15) is 195 Å². The summed E-state index contributed by atoms with van der Waals surface area (Å²) < 4.78 is 10.8. The van der Waals surface area contributed by atoms with Crippen molar-refractivity contribution in [3.05, 3.63) is 0 Å². The number of hydrogen-bond donors (Lipinski definition) is 0. The highest BCUT2D eigenvalue weighted by Crippen LogP contribution is 2.15. The monoisotopic (exact) mass is 627 g/mol. The molecule has 0 bridgehead atoms. The molecular formula is C38H74O4S. The van der Waals surface area contributed by atoms with E-state index in [4.69, 9.17) is 9.47 Å². The quantitative estimate of drug-likeness (QED) is 0.0525. The molecule has 0 spiro atoms. The lowest BCUT2D eigenvalue weighted by molar-refractivity contribution is -0.144. The van der Waals surface area contributed by atoms with Crippen LogP contribution in [0.2, 0.25) is 0 Å². The molecule has 0 aromatic heterocycles. The zero-order valence-electron chi connectivity index (χ0n) is 29.4.